The van der Waals surface area contributed by atoms with Crippen LogP contribution in [0.5, 0.6) is 0 Å². The summed E-state index contributed by atoms with van der Waals surface area (Å²) >= 11 is 0. The largest absolute Gasteiger partial charge is 0.455 e. The lowest BCUT2D eigenvalue weighted by Crippen LogP contribution is -1.92. The van der Waals surface area contributed by atoms with Crippen molar-refractivity contribution in [3.05, 3.63) is 194 Å². The second-order valence-electron chi connectivity index (χ2n) is 14.7. The van der Waals surface area contributed by atoms with Crippen LogP contribution >= 0.6 is 0 Å². The summed E-state index contributed by atoms with van der Waals surface area (Å²) in [6, 6.07) is 71.0. The van der Waals surface area contributed by atoms with E-state index in [0.29, 0.717) is 0 Å². The van der Waals surface area contributed by atoms with Crippen LogP contribution in [0.25, 0.3) is 120 Å². The summed E-state index contributed by atoms with van der Waals surface area (Å²) in [4.78, 5) is 0. The molecule has 0 aliphatic carbocycles. The summed E-state index contributed by atoms with van der Waals surface area (Å²) in [5.74, 6) is 0. The predicted molar refractivity (Wildman–Crippen MR) is 235 cm³/mol. The molecule has 11 aromatic carbocycles. The molecule has 12 aromatic rings. The molecule has 0 N–H and O–H groups in total. The minimum atomic E-state index is 0.911. The Morgan fingerprint density at radius 1 is 0.273 bits per heavy atom. The number of hydrogen-bond acceptors (Lipinski definition) is 1. The number of benzene rings is 11. The van der Waals surface area contributed by atoms with Gasteiger partial charge in [0.2, 0.25) is 0 Å². The molecule has 254 valence electrons. The van der Waals surface area contributed by atoms with Crippen molar-refractivity contribution in [1.29, 1.82) is 0 Å². The quantitative estimate of drug-likeness (QED) is 0.132. The first-order chi connectivity index (χ1) is 27.3. The van der Waals surface area contributed by atoms with Gasteiger partial charge in [0.15, 0.2) is 0 Å². The van der Waals surface area contributed by atoms with Crippen LogP contribution in [-0.2, 0) is 0 Å². The molecule has 0 spiro atoms. The minimum Gasteiger partial charge on any atom is -0.455 e. The molecule has 55 heavy (non-hydrogen) atoms. The second kappa shape index (κ2) is 11.6. The normalized spacial score (nSPS) is 12.0. The Morgan fingerprint density at radius 2 is 0.782 bits per heavy atom. The number of rotatable bonds is 3. The van der Waals surface area contributed by atoms with Gasteiger partial charge in [-0.05, 0) is 111 Å². The lowest BCUT2D eigenvalue weighted by Gasteiger charge is -2.19. The smallest absolute Gasteiger partial charge is 0.143 e. The first-order valence-corrected chi connectivity index (χ1v) is 19.0. The van der Waals surface area contributed by atoms with Gasteiger partial charge in [0.1, 0.15) is 11.2 Å². The highest BCUT2D eigenvalue weighted by molar-refractivity contribution is 6.31. The molecule has 0 amide bonds. The molecule has 1 nitrogen and oxygen atoms in total. The highest BCUT2D eigenvalue weighted by Crippen LogP contribution is 2.47. The standard InChI is InChI=1S/C54H32O/c1-2-19-37-33(14-1)15-12-29-41(37)52-45-25-8-6-23-43(45)51(44-24-7-9-26-46(44)52)36-18-11-16-34(30-36)38-28-13-17-35-31-49-50(32-48(35)38)55-54-47-27-10-4-21-40(47)39-20-3-5-22-42(39)53(49)54/h1-32H. The molecule has 0 radical (unpaired) electrons. The highest BCUT2D eigenvalue weighted by atomic mass is 16.3. The van der Waals surface area contributed by atoms with Gasteiger partial charge in [0.05, 0.1) is 0 Å². The third-order valence-corrected chi connectivity index (χ3v) is 11.8. The van der Waals surface area contributed by atoms with Crippen molar-refractivity contribution in [3.8, 4) is 33.4 Å². The molecule has 0 saturated heterocycles. The minimum absolute atomic E-state index is 0.911. The summed E-state index contributed by atoms with van der Waals surface area (Å²) in [6.07, 6.45) is 0. The van der Waals surface area contributed by atoms with Crippen LogP contribution in [0.2, 0.25) is 0 Å². The molecule has 1 heteroatoms. The van der Waals surface area contributed by atoms with E-state index in [-0.39, 0.29) is 0 Å². The molecule has 1 heterocycles. The first-order valence-electron chi connectivity index (χ1n) is 19.0. The Balaban J connectivity index is 1.09. The average molecular weight is 697 g/mol. The first kappa shape index (κ1) is 30.3. The molecule has 0 aliphatic rings. The molecule has 0 aliphatic heterocycles. The SMILES string of the molecule is c1cc(-c2cccc3cc4c(cc23)oc2c3ccccc3c3ccccc3c42)cc(-c2c3ccccc3c(-c3cccc4ccccc34)c3ccccc23)c1. The van der Waals surface area contributed by atoms with Crippen molar-refractivity contribution in [2.24, 2.45) is 0 Å². The Hall–Kier alpha value is -7.22. The zero-order chi connectivity index (χ0) is 36.0. The van der Waals surface area contributed by atoms with E-state index in [1.807, 2.05) is 0 Å². The van der Waals surface area contributed by atoms with E-state index < -0.39 is 0 Å². The van der Waals surface area contributed by atoms with Crippen molar-refractivity contribution >= 4 is 86.6 Å². The number of fused-ring (bicyclic) bond motifs is 12. The summed E-state index contributed by atoms with van der Waals surface area (Å²) in [6.45, 7) is 0. The van der Waals surface area contributed by atoms with Gasteiger partial charge < -0.3 is 4.42 Å². The van der Waals surface area contributed by atoms with Gasteiger partial charge in [0.25, 0.3) is 0 Å². The van der Waals surface area contributed by atoms with E-state index in [4.69, 9.17) is 4.42 Å². The van der Waals surface area contributed by atoms with Crippen LogP contribution < -0.4 is 0 Å². The zero-order valence-electron chi connectivity index (χ0n) is 29.9. The maximum absolute atomic E-state index is 6.84. The molecule has 0 atom stereocenters. The van der Waals surface area contributed by atoms with Gasteiger partial charge >= 0.3 is 0 Å². The monoisotopic (exact) mass is 696 g/mol. The summed E-state index contributed by atoms with van der Waals surface area (Å²) in [5.41, 5.74) is 9.25. The Kier molecular flexibility index (Phi) is 6.40. The van der Waals surface area contributed by atoms with E-state index in [2.05, 4.69) is 194 Å². The third kappa shape index (κ3) is 4.41. The van der Waals surface area contributed by atoms with Crippen molar-refractivity contribution < 1.29 is 4.42 Å². The summed E-state index contributed by atoms with van der Waals surface area (Å²) in [7, 11) is 0. The molecular formula is C54H32O. The number of hydrogen-bond donors (Lipinski definition) is 0. The van der Waals surface area contributed by atoms with Crippen molar-refractivity contribution in [2.45, 2.75) is 0 Å². The molecule has 0 unspecified atom stereocenters. The fraction of sp³-hybridized carbons (Fsp3) is 0. The molecule has 0 fully saturated rings. The van der Waals surface area contributed by atoms with Gasteiger partial charge in [0, 0.05) is 16.2 Å². The highest BCUT2D eigenvalue weighted by Gasteiger charge is 2.20. The fourth-order valence-electron chi connectivity index (χ4n) is 9.44. The van der Waals surface area contributed by atoms with Crippen LogP contribution in [0, 0.1) is 0 Å². The van der Waals surface area contributed by atoms with Gasteiger partial charge in [-0.1, -0.05) is 176 Å². The molecule has 12 rings (SSSR count). The van der Waals surface area contributed by atoms with Crippen LogP contribution in [0.1, 0.15) is 0 Å². The van der Waals surface area contributed by atoms with Gasteiger partial charge in [-0.25, -0.2) is 0 Å². The maximum atomic E-state index is 6.84. The summed E-state index contributed by atoms with van der Waals surface area (Å²) in [5, 5.41) is 17.1. The Bertz CT molecular complexity index is 3490. The third-order valence-electron chi connectivity index (χ3n) is 11.8. The number of furan rings is 1. The van der Waals surface area contributed by atoms with Crippen molar-refractivity contribution in [3.63, 3.8) is 0 Å². The van der Waals surface area contributed by atoms with E-state index in [0.717, 1.165) is 21.9 Å². The molecule has 1 aromatic heterocycles. The second-order valence-corrected chi connectivity index (χ2v) is 14.7. The predicted octanol–water partition coefficient (Wildman–Crippen LogP) is 15.5. The van der Waals surface area contributed by atoms with Crippen LogP contribution in [0.4, 0.5) is 0 Å². The van der Waals surface area contributed by atoms with E-state index in [1.54, 1.807) is 0 Å². The fourth-order valence-corrected chi connectivity index (χ4v) is 9.44. The van der Waals surface area contributed by atoms with Crippen LogP contribution in [0.3, 0.4) is 0 Å². The van der Waals surface area contributed by atoms with Gasteiger partial charge in [-0.2, -0.15) is 0 Å². The van der Waals surface area contributed by atoms with Crippen LogP contribution in [-0.4, -0.2) is 0 Å². The van der Waals surface area contributed by atoms with E-state index in [9.17, 15) is 0 Å². The van der Waals surface area contributed by atoms with Crippen molar-refractivity contribution in [1.82, 2.24) is 0 Å². The van der Waals surface area contributed by atoms with E-state index in [1.165, 1.54) is 98.0 Å². The van der Waals surface area contributed by atoms with Gasteiger partial charge in [-0.15, -0.1) is 0 Å². The lowest BCUT2D eigenvalue weighted by atomic mass is 9.84. The Labute approximate surface area is 317 Å². The lowest BCUT2D eigenvalue weighted by molar-refractivity contribution is 0.673. The van der Waals surface area contributed by atoms with Gasteiger partial charge in [-0.3, -0.25) is 0 Å². The molecular weight excluding hydrogens is 665 g/mol. The topological polar surface area (TPSA) is 13.1 Å². The summed E-state index contributed by atoms with van der Waals surface area (Å²) < 4.78 is 6.84. The van der Waals surface area contributed by atoms with E-state index >= 15 is 0 Å². The van der Waals surface area contributed by atoms with Crippen molar-refractivity contribution in [2.75, 3.05) is 0 Å². The molecule has 0 bridgehead atoms. The zero-order valence-corrected chi connectivity index (χ0v) is 29.9. The Morgan fingerprint density at radius 3 is 1.51 bits per heavy atom. The van der Waals surface area contributed by atoms with Crippen LogP contribution in [0.15, 0.2) is 199 Å². The maximum Gasteiger partial charge on any atom is 0.143 e. The molecule has 0 saturated carbocycles. The average Bonchev–Trinajstić information content (AvgIpc) is 3.63.